The van der Waals surface area contributed by atoms with Crippen LogP contribution in [0.2, 0.25) is 5.28 Å². The standard InChI is InChI=1S/C22H28ClN7O2/c1-22(2,3)32-21(31)30-9-7-14(8-10-30)11-25-19-18-16(27-20(23)28-19)6-5-15(26-18)17-12-24-13-29(17)4/h5-6,12-14H,7-11H2,1-4H3,(H,25,27,28). The van der Waals surface area contributed by atoms with E-state index < -0.39 is 5.60 Å². The molecule has 1 aliphatic heterocycles. The van der Waals surface area contributed by atoms with Crippen LogP contribution in [0.4, 0.5) is 10.6 Å². The third-order valence-corrected chi connectivity index (χ3v) is 5.59. The fraction of sp³-hybridized carbons (Fsp3) is 0.500. The zero-order valence-corrected chi connectivity index (χ0v) is 19.6. The first kappa shape index (κ1) is 22.3. The average Bonchev–Trinajstić information content (AvgIpc) is 3.16. The first-order chi connectivity index (χ1) is 15.2. The lowest BCUT2D eigenvalue weighted by Gasteiger charge is -2.33. The van der Waals surface area contributed by atoms with Crippen molar-refractivity contribution >= 4 is 34.5 Å². The summed E-state index contributed by atoms with van der Waals surface area (Å²) in [7, 11) is 1.93. The number of ether oxygens (including phenoxy) is 1. The molecule has 1 saturated heterocycles. The minimum absolute atomic E-state index is 0.176. The van der Waals surface area contributed by atoms with E-state index in [2.05, 4.69) is 20.3 Å². The molecular weight excluding hydrogens is 430 g/mol. The Balaban J connectivity index is 1.44. The van der Waals surface area contributed by atoms with Crippen molar-refractivity contribution in [1.82, 2.24) is 29.4 Å². The summed E-state index contributed by atoms with van der Waals surface area (Å²) >= 11 is 6.15. The summed E-state index contributed by atoms with van der Waals surface area (Å²) in [5.41, 5.74) is 2.56. The van der Waals surface area contributed by atoms with Gasteiger partial charge >= 0.3 is 6.09 Å². The van der Waals surface area contributed by atoms with Crippen LogP contribution in [-0.4, -0.2) is 60.7 Å². The second-order valence-corrected chi connectivity index (χ2v) is 9.42. The van der Waals surface area contributed by atoms with Gasteiger partial charge in [0, 0.05) is 26.7 Å². The summed E-state index contributed by atoms with van der Waals surface area (Å²) in [6.45, 7) is 7.71. The molecule has 9 nitrogen and oxygen atoms in total. The Morgan fingerprint density at radius 2 is 1.97 bits per heavy atom. The molecule has 0 unspecified atom stereocenters. The molecule has 0 atom stereocenters. The molecule has 4 heterocycles. The van der Waals surface area contributed by atoms with E-state index >= 15 is 0 Å². The van der Waals surface area contributed by atoms with Crippen LogP contribution in [0, 0.1) is 5.92 Å². The van der Waals surface area contributed by atoms with Gasteiger partial charge in [-0.1, -0.05) is 0 Å². The van der Waals surface area contributed by atoms with Crippen molar-refractivity contribution in [2.45, 2.75) is 39.2 Å². The number of nitrogens with one attached hydrogen (secondary N) is 1. The molecule has 0 radical (unpaired) electrons. The SMILES string of the molecule is Cn1cncc1-c1ccc2nc(Cl)nc(NCC3CCN(C(=O)OC(C)(C)C)CC3)c2n1. The third-order valence-electron chi connectivity index (χ3n) is 5.42. The number of aromatic nitrogens is 5. The number of rotatable bonds is 4. The van der Waals surface area contributed by atoms with Gasteiger partial charge < -0.3 is 19.5 Å². The minimum atomic E-state index is -0.482. The molecule has 10 heteroatoms. The number of aryl methyl sites for hydroxylation is 1. The summed E-state index contributed by atoms with van der Waals surface area (Å²) in [4.78, 5) is 31.7. The molecule has 1 N–H and O–H groups in total. The van der Waals surface area contributed by atoms with E-state index in [1.54, 1.807) is 17.4 Å². The fourth-order valence-corrected chi connectivity index (χ4v) is 3.92. The quantitative estimate of drug-likeness (QED) is 0.588. The smallest absolute Gasteiger partial charge is 0.410 e. The Bertz CT molecular complexity index is 1120. The third kappa shape index (κ3) is 5.09. The highest BCUT2D eigenvalue weighted by atomic mass is 35.5. The molecule has 4 rings (SSSR count). The van der Waals surface area contributed by atoms with Crippen LogP contribution >= 0.6 is 11.6 Å². The van der Waals surface area contributed by atoms with Crippen LogP contribution in [0.3, 0.4) is 0 Å². The van der Waals surface area contributed by atoms with Crippen molar-refractivity contribution in [3.63, 3.8) is 0 Å². The van der Waals surface area contributed by atoms with Gasteiger partial charge in [-0.15, -0.1) is 0 Å². The number of fused-ring (bicyclic) bond motifs is 1. The molecule has 1 aliphatic rings. The van der Waals surface area contributed by atoms with E-state index in [1.807, 2.05) is 44.5 Å². The Labute approximate surface area is 192 Å². The normalized spacial score (nSPS) is 15.2. The molecule has 170 valence electrons. The second kappa shape index (κ2) is 8.90. The summed E-state index contributed by atoms with van der Waals surface area (Å²) in [5, 5.41) is 3.59. The summed E-state index contributed by atoms with van der Waals surface area (Å²) in [5.74, 6) is 1.01. The number of carbonyl (C=O) groups excluding carboxylic acids is 1. The highest BCUT2D eigenvalue weighted by Gasteiger charge is 2.27. The van der Waals surface area contributed by atoms with Crippen molar-refractivity contribution in [2.75, 3.05) is 25.0 Å². The molecule has 0 aliphatic carbocycles. The number of hydrogen-bond donors (Lipinski definition) is 1. The molecule has 3 aromatic heterocycles. The van der Waals surface area contributed by atoms with Crippen molar-refractivity contribution in [3.05, 3.63) is 29.9 Å². The van der Waals surface area contributed by atoms with Crippen molar-refractivity contribution in [2.24, 2.45) is 13.0 Å². The molecule has 0 bridgehead atoms. The molecule has 1 fully saturated rings. The predicted octanol–water partition coefficient (Wildman–Crippen LogP) is 4.14. The van der Waals surface area contributed by atoms with Crippen molar-refractivity contribution in [1.29, 1.82) is 0 Å². The number of amides is 1. The van der Waals surface area contributed by atoms with Gasteiger partial charge in [-0.2, -0.15) is 4.98 Å². The van der Waals surface area contributed by atoms with Gasteiger partial charge in [-0.25, -0.2) is 19.7 Å². The van der Waals surface area contributed by atoms with Gasteiger partial charge in [0.15, 0.2) is 5.82 Å². The highest BCUT2D eigenvalue weighted by Crippen LogP contribution is 2.26. The predicted molar refractivity (Wildman–Crippen MR) is 124 cm³/mol. The molecule has 1 amide bonds. The van der Waals surface area contributed by atoms with Gasteiger partial charge in [-0.3, -0.25) is 0 Å². The number of nitrogens with zero attached hydrogens (tertiary/aromatic N) is 6. The van der Waals surface area contributed by atoms with Crippen LogP contribution in [0.25, 0.3) is 22.4 Å². The zero-order chi connectivity index (χ0) is 22.9. The topological polar surface area (TPSA) is 98.1 Å². The summed E-state index contributed by atoms with van der Waals surface area (Å²) in [6.07, 6.45) is 5.04. The van der Waals surface area contributed by atoms with E-state index in [1.165, 1.54) is 0 Å². The number of imidazole rings is 1. The first-order valence-corrected chi connectivity index (χ1v) is 11.1. The van der Waals surface area contributed by atoms with Gasteiger partial charge in [0.25, 0.3) is 0 Å². The number of carbonyl (C=O) groups is 1. The van der Waals surface area contributed by atoms with E-state index in [4.69, 9.17) is 21.3 Å². The Kier molecular flexibility index (Phi) is 6.19. The largest absolute Gasteiger partial charge is 0.444 e. The van der Waals surface area contributed by atoms with Crippen molar-refractivity contribution in [3.8, 4) is 11.4 Å². The number of pyridine rings is 1. The lowest BCUT2D eigenvalue weighted by atomic mass is 9.97. The maximum absolute atomic E-state index is 12.3. The number of halogens is 1. The second-order valence-electron chi connectivity index (χ2n) is 9.09. The molecule has 0 aromatic carbocycles. The van der Waals surface area contributed by atoms with Gasteiger partial charge in [-0.05, 0) is 63.3 Å². The minimum Gasteiger partial charge on any atom is -0.444 e. The Morgan fingerprint density at radius 1 is 1.22 bits per heavy atom. The maximum atomic E-state index is 12.3. The Hall–Kier alpha value is -2.94. The molecule has 0 spiro atoms. The zero-order valence-electron chi connectivity index (χ0n) is 18.8. The molecule has 32 heavy (non-hydrogen) atoms. The fourth-order valence-electron chi connectivity index (χ4n) is 3.74. The number of anilines is 1. The monoisotopic (exact) mass is 457 g/mol. The van der Waals surface area contributed by atoms with E-state index in [-0.39, 0.29) is 11.4 Å². The highest BCUT2D eigenvalue weighted by molar-refractivity contribution is 6.28. The van der Waals surface area contributed by atoms with Crippen LogP contribution in [-0.2, 0) is 11.8 Å². The lowest BCUT2D eigenvalue weighted by molar-refractivity contribution is 0.0188. The maximum Gasteiger partial charge on any atom is 0.410 e. The van der Waals surface area contributed by atoms with E-state index in [0.29, 0.717) is 42.4 Å². The summed E-state index contributed by atoms with van der Waals surface area (Å²) in [6, 6.07) is 3.79. The van der Waals surface area contributed by atoms with Crippen LogP contribution < -0.4 is 5.32 Å². The molecular formula is C22H28ClN7O2. The van der Waals surface area contributed by atoms with Crippen LogP contribution in [0.5, 0.6) is 0 Å². The van der Waals surface area contributed by atoms with E-state index in [9.17, 15) is 4.79 Å². The summed E-state index contributed by atoms with van der Waals surface area (Å²) < 4.78 is 7.39. The lowest BCUT2D eigenvalue weighted by Crippen LogP contribution is -2.42. The van der Waals surface area contributed by atoms with Gasteiger partial charge in [0.1, 0.15) is 11.1 Å². The van der Waals surface area contributed by atoms with Crippen molar-refractivity contribution < 1.29 is 9.53 Å². The van der Waals surface area contributed by atoms with Crippen LogP contribution in [0.1, 0.15) is 33.6 Å². The van der Waals surface area contributed by atoms with Crippen LogP contribution in [0.15, 0.2) is 24.7 Å². The first-order valence-electron chi connectivity index (χ1n) is 10.7. The number of likely N-dealkylation sites (tertiary alicyclic amines) is 1. The average molecular weight is 458 g/mol. The molecule has 0 saturated carbocycles. The number of hydrogen-bond acceptors (Lipinski definition) is 7. The molecule has 3 aromatic rings. The number of piperidine rings is 1. The van der Waals surface area contributed by atoms with Gasteiger partial charge in [0.2, 0.25) is 5.28 Å². The van der Waals surface area contributed by atoms with E-state index in [0.717, 1.165) is 24.2 Å². The Morgan fingerprint density at radius 3 is 2.62 bits per heavy atom. The van der Waals surface area contributed by atoms with Gasteiger partial charge in [0.05, 0.1) is 29.4 Å².